The summed E-state index contributed by atoms with van der Waals surface area (Å²) in [5.74, 6) is 1.51. The predicted octanol–water partition coefficient (Wildman–Crippen LogP) is 3.17. The predicted molar refractivity (Wildman–Crippen MR) is 102 cm³/mol. The Hall–Kier alpha value is -1.49. The minimum atomic E-state index is -0.0361. The first kappa shape index (κ1) is 18.3. The van der Waals surface area contributed by atoms with Crippen molar-refractivity contribution in [1.29, 1.82) is 0 Å². The number of carbonyl (C=O) groups excluding carboxylic acids is 2. The number of benzene rings is 1. The van der Waals surface area contributed by atoms with E-state index >= 15 is 0 Å². The number of hydrogen-bond acceptors (Lipinski definition) is 3. The van der Waals surface area contributed by atoms with E-state index in [1.807, 2.05) is 34.9 Å². The van der Waals surface area contributed by atoms with E-state index in [4.69, 9.17) is 0 Å². The molecule has 0 spiro atoms. The molecule has 2 fully saturated rings. The SMILES string of the molecule is CC(SCc1ccccc1)C(=O)N1CCC(C(=O)N2CCCC2)CC1. The lowest BCUT2D eigenvalue weighted by atomic mass is 9.95. The van der Waals surface area contributed by atoms with Crippen molar-refractivity contribution in [3.63, 3.8) is 0 Å². The molecule has 2 aliphatic rings. The topological polar surface area (TPSA) is 40.6 Å². The van der Waals surface area contributed by atoms with Crippen LogP contribution < -0.4 is 0 Å². The number of piperidine rings is 1. The van der Waals surface area contributed by atoms with E-state index in [-0.39, 0.29) is 17.1 Å². The van der Waals surface area contributed by atoms with Crippen molar-refractivity contribution in [2.75, 3.05) is 26.2 Å². The minimum absolute atomic E-state index is 0.0361. The van der Waals surface area contributed by atoms with Gasteiger partial charge >= 0.3 is 0 Å². The molecule has 0 aromatic heterocycles. The van der Waals surface area contributed by atoms with Crippen LogP contribution in [0.3, 0.4) is 0 Å². The molecule has 0 radical (unpaired) electrons. The van der Waals surface area contributed by atoms with Crippen LogP contribution in [0, 0.1) is 5.92 Å². The van der Waals surface area contributed by atoms with Crippen LogP contribution in [-0.2, 0) is 15.3 Å². The maximum atomic E-state index is 12.7. The molecule has 1 aromatic rings. The lowest BCUT2D eigenvalue weighted by Crippen LogP contribution is -2.45. The highest BCUT2D eigenvalue weighted by atomic mass is 32.2. The number of hydrogen-bond donors (Lipinski definition) is 0. The Balaban J connectivity index is 1.43. The Morgan fingerprint density at radius 2 is 1.68 bits per heavy atom. The Labute approximate surface area is 154 Å². The molecule has 136 valence electrons. The number of carbonyl (C=O) groups is 2. The summed E-state index contributed by atoms with van der Waals surface area (Å²) in [4.78, 5) is 29.1. The standard InChI is InChI=1S/C20H28N2O2S/c1-16(25-15-17-7-3-2-4-8-17)19(23)22-13-9-18(10-14-22)20(24)21-11-5-6-12-21/h2-4,7-8,16,18H,5-6,9-15H2,1H3. The fourth-order valence-corrected chi connectivity index (χ4v) is 4.59. The summed E-state index contributed by atoms with van der Waals surface area (Å²) in [6, 6.07) is 10.3. The highest BCUT2D eigenvalue weighted by Gasteiger charge is 2.32. The van der Waals surface area contributed by atoms with Gasteiger partial charge in [-0.1, -0.05) is 30.3 Å². The molecule has 0 aliphatic carbocycles. The zero-order valence-corrected chi connectivity index (χ0v) is 15.8. The monoisotopic (exact) mass is 360 g/mol. The van der Waals surface area contributed by atoms with Crippen molar-refractivity contribution < 1.29 is 9.59 Å². The molecule has 4 nitrogen and oxygen atoms in total. The van der Waals surface area contributed by atoms with E-state index in [9.17, 15) is 9.59 Å². The highest BCUT2D eigenvalue weighted by molar-refractivity contribution is 7.99. The largest absolute Gasteiger partial charge is 0.342 e. The van der Waals surface area contributed by atoms with Crippen LogP contribution in [0.25, 0.3) is 0 Å². The van der Waals surface area contributed by atoms with Crippen molar-refractivity contribution in [2.24, 2.45) is 5.92 Å². The summed E-state index contributed by atoms with van der Waals surface area (Å²) in [6.45, 7) is 5.28. The number of amides is 2. The van der Waals surface area contributed by atoms with Gasteiger partial charge in [-0.05, 0) is 38.2 Å². The number of thioether (sulfide) groups is 1. The first-order valence-electron chi connectivity index (χ1n) is 9.38. The van der Waals surface area contributed by atoms with Gasteiger partial charge in [-0.25, -0.2) is 0 Å². The van der Waals surface area contributed by atoms with Crippen molar-refractivity contribution in [3.8, 4) is 0 Å². The molecule has 0 N–H and O–H groups in total. The average molecular weight is 361 g/mol. The summed E-state index contributed by atoms with van der Waals surface area (Å²) >= 11 is 1.69. The van der Waals surface area contributed by atoms with Crippen molar-refractivity contribution in [3.05, 3.63) is 35.9 Å². The van der Waals surface area contributed by atoms with Crippen LogP contribution in [0.15, 0.2) is 30.3 Å². The summed E-state index contributed by atoms with van der Waals surface area (Å²) in [5.41, 5.74) is 1.25. The third kappa shape index (κ3) is 4.78. The molecule has 2 aliphatic heterocycles. The molecule has 1 unspecified atom stereocenters. The molecule has 1 aromatic carbocycles. The fraction of sp³-hybridized carbons (Fsp3) is 0.600. The van der Waals surface area contributed by atoms with E-state index in [1.165, 1.54) is 5.56 Å². The van der Waals surface area contributed by atoms with E-state index in [1.54, 1.807) is 11.8 Å². The molecule has 2 heterocycles. The maximum Gasteiger partial charge on any atom is 0.235 e. The lowest BCUT2D eigenvalue weighted by molar-refractivity contribution is -0.139. The first-order chi connectivity index (χ1) is 12.1. The van der Waals surface area contributed by atoms with Crippen LogP contribution in [0.5, 0.6) is 0 Å². The normalized spacial score (nSPS) is 19.9. The Kier molecular flexibility index (Phi) is 6.40. The molecule has 0 bridgehead atoms. The van der Waals surface area contributed by atoms with Gasteiger partial charge in [0.15, 0.2) is 0 Å². The maximum absolute atomic E-state index is 12.7. The van der Waals surface area contributed by atoms with Gasteiger partial charge in [0, 0.05) is 37.8 Å². The first-order valence-corrected chi connectivity index (χ1v) is 10.4. The van der Waals surface area contributed by atoms with E-state index in [2.05, 4.69) is 12.1 Å². The van der Waals surface area contributed by atoms with Gasteiger partial charge in [-0.3, -0.25) is 9.59 Å². The van der Waals surface area contributed by atoms with Crippen LogP contribution in [0.1, 0.15) is 38.2 Å². The number of rotatable bonds is 5. The van der Waals surface area contributed by atoms with Gasteiger partial charge in [0.25, 0.3) is 0 Å². The van der Waals surface area contributed by atoms with Crippen molar-refractivity contribution in [2.45, 2.75) is 43.6 Å². The van der Waals surface area contributed by atoms with Gasteiger partial charge in [-0.15, -0.1) is 11.8 Å². The number of likely N-dealkylation sites (tertiary alicyclic amines) is 2. The van der Waals surface area contributed by atoms with Crippen LogP contribution in [-0.4, -0.2) is 53.0 Å². The Bertz CT molecular complexity index is 579. The molecule has 0 saturated carbocycles. The molecule has 5 heteroatoms. The number of nitrogens with zero attached hydrogens (tertiary/aromatic N) is 2. The second-order valence-corrected chi connectivity index (χ2v) is 8.40. The lowest BCUT2D eigenvalue weighted by Gasteiger charge is -2.34. The van der Waals surface area contributed by atoms with Gasteiger partial charge < -0.3 is 9.80 Å². The molecule has 2 saturated heterocycles. The zero-order valence-electron chi connectivity index (χ0n) is 15.0. The summed E-state index contributed by atoms with van der Waals surface area (Å²) < 4.78 is 0. The third-order valence-corrected chi connectivity index (χ3v) is 6.47. The highest BCUT2D eigenvalue weighted by Crippen LogP contribution is 2.25. The molecule has 1 atom stereocenters. The summed E-state index contributed by atoms with van der Waals surface area (Å²) in [6.07, 6.45) is 3.91. The minimum Gasteiger partial charge on any atom is -0.342 e. The summed E-state index contributed by atoms with van der Waals surface area (Å²) in [5, 5.41) is -0.0361. The fourth-order valence-electron chi connectivity index (χ4n) is 3.67. The molecule has 2 amide bonds. The van der Waals surface area contributed by atoms with Crippen LogP contribution >= 0.6 is 11.8 Å². The zero-order chi connectivity index (χ0) is 17.6. The molecular formula is C20H28N2O2S. The van der Waals surface area contributed by atoms with Gasteiger partial charge in [-0.2, -0.15) is 0 Å². The van der Waals surface area contributed by atoms with Crippen LogP contribution in [0.2, 0.25) is 0 Å². The second-order valence-electron chi connectivity index (χ2n) is 7.07. The quantitative estimate of drug-likeness (QED) is 0.810. The average Bonchev–Trinajstić information content (AvgIpc) is 3.20. The molecule has 25 heavy (non-hydrogen) atoms. The van der Waals surface area contributed by atoms with E-state index in [0.717, 1.165) is 57.6 Å². The van der Waals surface area contributed by atoms with Crippen molar-refractivity contribution >= 4 is 23.6 Å². The van der Waals surface area contributed by atoms with Crippen molar-refractivity contribution in [1.82, 2.24) is 9.80 Å². The summed E-state index contributed by atoms with van der Waals surface area (Å²) in [7, 11) is 0. The smallest absolute Gasteiger partial charge is 0.235 e. The van der Waals surface area contributed by atoms with E-state index < -0.39 is 0 Å². The van der Waals surface area contributed by atoms with Crippen LogP contribution in [0.4, 0.5) is 0 Å². The van der Waals surface area contributed by atoms with Gasteiger partial charge in [0.05, 0.1) is 5.25 Å². The second kappa shape index (κ2) is 8.75. The Morgan fingerprint density at radius 3 is 2.32 bits per heavy atom. The Morgan fingerprint density at radius 1 is 1.04 bits per heavy atom. The van der Waals surface area contributed by atoms with E-state index in [0.29, 0.717) is 5.91 Å². The van der Waals surface area contributed by atoms with Gasteiger partial charge in [0.1, 0.15) is 0 Å². The van der Waals surface area contributed by atoms with Gasteiger partial charge in [0.2, 0.25) is 11.8 Å². The molecular weight excluding hydrogens is 332 g/mol. The third-order valence-electron chi connectivity index (χ3n) is 5.26. The molecule has 3 rings (SSSR count).